The zero-order valence-electron chi connectivity index (χ0n) is 16.7. The van der Waals surface area contributed by atoms with Crippen molar-refractivity contribution in [1.29, 1.82) is 0 Å². The number of carbonyl (C=O) groups excluding carboxylic acids is 1. The van der Waals surface area contributed by atoms with Crippen LogP contribution in [0.4, 0.5) is 10.1 Å². The van der Waals surface area contributed by atoms with Gasteiger partial charge in [0.2, 0.25) is 0 Å². The second kappa shape index (κ2) is 9.52. The number of fused-ring (bicyclic) bond motifs is 1. The van der Waals surface area contributed by atoms with Crippen LogP contribution in [-0.2, 0) is 0 Å². The lowest BCUT2D eigenvalue weighted by atomic mass is 9.96. The Morgan fingerprint density at radius 1 is 1.21 bits per heavy atom. The molecule has 0 bridgehead atoms. The summed E-state index contributed by atoms with van der Waals surface area (Å²) in [6, 6.07) is 9.73. The van der Waals surface area contributed by atoms with Crippen molar-refractivity contribution in [1.82, 2.24) is 9.78 Å². The van der Waals surface area contributed by atoms with E-state index >= 15 is 0 Å². The first-order chi connectivity index (χ1) is 14.1. The number of aromatic nitrogens is 2. The number of amides is 1. The van der Waals surface area contributed by atoms with Crippen molar-refractivity contribution < 1.29 is 19.0 Å². The maximum atomic E-state index is 13.4. The lowest BCUT2D eigenvalue weighted by Crippen LogP contribution is -2.12. The van der Waals surface area contributed by atoms with E-state index in [1.807, 2.05) is 23.0 Å². The van der Waals surface area contributed by atoms with Gasteiger partial charge in [-0.1, -0.05) is 25.3 Å². The summed E-state index contributed by atoms with van der Waals surface area (Å²) in [5, 5.41) is 15.5. The summed E-state index contributed by atoms with van der Waals surface area (Å²) in [4.78, 5) is 12.5. The van der Waals surface area contributed by atoms with Gasteiger partial charge in [-0.25, -0.2) is 4.39 Å². The van der Waals surface area contributed by atoms with Gasteiger partial charge in [-0.3, -0.25) is 9.48 Å². The van der Waals surface area contributed by atoms with Gasteiger partial charge in [0.15, 0.2) is 0 Å². The first-order valence-corrected chi connectivity index (χ1v) is 9.72. The molecule has 3 aromatic rings. The van der Waals surface area contributed by atoms with Crippen LogP contribution in [0.15, 0.2) is 42.6 Å². The number of aliphatic hydroxyl groups excluding tert-OH is 1. The minimum atomic E-state index is -0.446. The third kappa shape index (κ3) is 4.74. The summed E-state index contributed by atoms with van der Waals surface area (Å²) >= 11 is 0. The molecule has 0 radical (unpaired) electrons. The van der Waals surface area contributed by atoms with Gasteiger partial charge in [-0.05, 0) is 37.1 Å². The monoisotopic (exact) mass is 399 g/mol. The molecule has 0 aliphatic heterocycles. The number of ether oxygens (including phenoxy) is 1. The average molecular weight is 399 g/mol. The molecule has 1 aromatic heterocycles. The van der Waals surface area contributed by atoms with Crippen LogP contribution in [0, 0.1) is 5.82 Å². The van der Waals surface area contributed by atoms with E-state index in [4.69, 9.17) is 14.9 Å². The fourth-order valence-electron chi connectivity index (χ4n) is 3.70. The predicted molar refractivity (Wildman–Crippen MR) is 111 cm³/mol. The highest BCUT2D eigenvalue weighted by atomic mass is 19.1. The number of carbonyl (C=O) groups is 1. The van der Waals surface area contributed by atoms with Crippen LogP contribution >= 0.6 is 0 Å². The molecular weight excluding hydrogens is 373 g/mol. The number of hydrogen-bond acceptors (Lipinski definition) is 4. The number of hydrogen-bond donors (Lipinski definition) is 2. The van der Waals surface area contributed by atoms with Crippen molar-refractivity contribution in [3.8, 4) is 5.75 Å². The van der Waals surface area contributed by atoms with Crippen LogP contribution in [0.2, 0.25) is 0 Å². The molecule has 1 amide bonds. The van der Waals surface area contributed by atoms with E-state index in [2.05, 4.69) is 5.32 Å². The Morgan fingerprint density at radius 2 is 1.97 bits per heavy atom. The number of rotatable bonds is 4. The van der Waals surface area contributed by atoms with Gasteiger partial charge in [-0.15, -0.1) is 0 Å². The molecule has 0 unspecified atom stereocenters. The number of methoxy groups -OCH3 is 1. The molecule has 1 aliphatic rings. The predicted octanol–water partition coefficient (Wildman–Crippen LogP) is 4.55. The highest BCUT2D eigenvalue weighted by molar-refractivity contribution is 6.06. The van der Waals surface area contributed by atoms with Crippen LogP contribution in [0.3, 0.4) is 0 Å². The van der Waals surface area contributed by atoms with Crippen molar-refractivity contribution in [2.45, 2.75) is 38.1 Å². The minimum Gasteiger partial charge on any atom is -0.494 e. The van der Waals surface area contributed by atoms with Crippen molar-refractivity contribution in [3.63, 3.8) is 0 Å². The Kier molecular flexibility index (Phi) is 6.82. The van der Waals surface area contributed by atoms with Crippen molar-refractivity contribution in [2.75, 3.05) is 19.5 Å². The smallest absolute Gasteiger partial charge is 0.255 e. The summed E-state index contributed by atoms with van der Waals surface area (Å²) in [5.74, 6) is -0.299. The number of anilines is 1. The number of nitrogens with one attached hydrogen (secondary N) is 1. The number of halogens is 1. The molecule has 0 spiro atoms. The first kappa shape index (κ1) is 20.8. The van der Waals surface area contributed by atoms with Crippen molar-refractivity contribution >= 4 is 22.5 Å². The van der Waals surface area contributed by atoms with E-state index in [-0.39, 0.29) is 11.5 Å². The molecular formula is C22H26FN3O3. The summed E-state index contributed by atoms with van der Waals surface area (Å²) in [6.07, 6.45) is 8.09. The minimum absolute atomic E-state index is 0.259. The van der Waals surface area contributed by atoms with E-state index in [1.54, 1.807) is 13.2 Å². The summed E-state index contributed by atoms with van der Waals surface area (Å²) in [5.41, 5.74) is 1.64. The Morgan fingerprint density at radius 3 is 2.66 bits per heavy atom. The van der Waals surface area contributed by atoms with Crippen LogP contribution in [-0.4, -0.2) is 35.0 Å². The molecule has 154 valence electrons. The van der Waals surface area contributed by atoms with Crippen LogP contribution < -0.4 is 10.1 Å². The molecule has 1 fully saturated rings. The summed E-state index contributed by atoms with van der Waals surface area (Å²) in [7, 11) is 2.55. The summed E-state index contributed by atoms with van der Waals surface area (Å²) in [6.45, 7) is 0. The Labute approximate surface area is 169 Å². The molecule has 1 aliphatic carbocycles. The molecule has 2 N–H and O–H groups in total. The van der Waals surface area contributed by atoms with E-state index in [1.165, 1.54) is 37.5 Å². The van der Waals surface area contributed by atoms with E-state index in [9.17, 15) is 9.18 Å². The maximum absolute atomic E-state index is 13.4. The number of nitrogens with zero attached hydrogens (tertiary/aromatic N) is 2. The third-order valence-corrected chi connectivity index (χ3v) is 5.13. The molecule has 7 heteroatoms. The summed E-state index contributed by atoms with van der Waals surface area (Å²) < 4.78 is 20.9. The highest BCUT2D eigenvalue weighted by Gasteiger charge is 2.18. The van der Waals surface area contributed by atoms with Crippen molar-refractivity contribution in [2.24, 2.45) is 0 Å². The zero-order valence-corrected chi connectivity index (χ0v) is 16.7. The van der Waals surface area contributed by atoms with Crippen LogP contribution in [0.25, 0.3) is 10.9 Å². The van der Waals surface area contributed by atoms with E-state index in [0.717, 1.165) is 30.9 Å². The fourth-order valence-corrected chi connectivity index (χ4v) is 3.70. The number of benzene rings is 2. The van der Waals surface area contributed by atoms with E-state index in [0.29, 0.717) is 17.5 Å². The van der Waals surface area contributed by atoms with Crippen molar-refractivity contribution in [3.05, 3.63) is 54.0 Å². The SMILES string of the molecule is CO.COc1cc2nn(C3CCCCC3)cc2cc1NC(=O)c1cccc(F)c1. The lowest BCUT2D eigenvalue weighted by Gasteiger charge is -2.21. The van der Waals surface area contributed by atoms with Gasteiger partial charge in [0.1, 0.15) is 11.6 Å². The zero-order chi connectivity index (χ0) is 20.8. The Hall–Kier alpha value is -2.93. The highest BCUT2D eigenvalue weighted by Crippen LogP contribution is 2.33. The molecule has 2 aromatic carbocycles. The Bertz CT molecular complexity index is 981. The molecule has 6 nitrogen and oxygen atoms in total. The second-order valence-electron chi connectivity index (χ2n) is 6.98. The lowest BCUT2D eigenvalue weighted by molar-refractivity contribution is 0.102. The first-order valence-electron chi connectivity index (χ1n) is 9.72. The maximum Gasteiger partial charge on any atom is 0.255 e. The van der Waals surface area contributed by atoms with E-state index < -0.39 is 5.82 Å². The van der Waals surface area contributed by atoms with Gasteiger partial charge in [0.25, 0.3) is 5.91 Å². The fraction of sp³-hybridized carbons (Fsp3) is 0.364. The van der Waals surface area contributed by atoms with Crippen LogP contribution in [0.5, 0.6) is 5.75 Å². The molecule has 4 rings (SSSR count). The topological polar surface area (TPSA) is 76.4 Å². The standard InChI is InChI=1S/C21H22FN3O2.CH4O/c1-27-20-12-18-15(13-25(24-18)17-8-3-2-4-9-17)11-19(20)23-21(26)14-6-5-7-16(22)10-14;1-2/h5-7,10-13,17H,2-4,8-9H2,1H3,(H,23,26);2H,1H3. The number of aliphatic hydroxyl groups is 1. The largest absolute Gasteiger partial charge is 0.494 e. The molecule has 29 heavy (non-hydrogen) atoms. The molecule has 0 atom stereocenters. The van der Waals surface area contributed by atoms with Gasteiger partial charge in [-0.2, -0.15) is 5.10 Å². The third-order valence-electron chi connectivity index (χ3n) is 5.13. The normalized spacial score (nSPS) is 14.2. The molecule has 1 saturated carbocycles. The average Bonchev–Trinajstić information content (AvgIpc) is 3.18. The second-order valence-corrected chi connectivity index (χ2v) is 6.98. The van der Waals surface area contributed by atoms with Gasteiger partial charge in [0.05, 0.1) is 24.4 Å². The quantitative estimate of drug-likeness (QED) is 0.675. The molecule has 1 heterocycles. The Balaban J connectivity index is 0.00000117. The van der Waals surface area contributed by atoms with Crippen LogP contribution in [0.1, 0.15) is 48.5 Å². The van der Waals surface area contributed by atoms with Gasteiger partial charge >= 0.3 is 0 Å². The van der Waals surface area contributed by atoms with Gasteiger partial charge < -0.3 is 15.2 Å². The molecule has 0 saturated heterocycles. The van der Waals surface area contributed by atoms with Gasteiger partial charge in [0, 0.05) is 30.3 Å².